The molecule has 1 atom stereocenters. The van der Waals surface area contributed by atoms with Crippen LogP contribution in [0.25, 0.3) is 11.0 Å². The second-order valence-electron chi connectivity index (χ2n) is 5.45. The third kappa shape index (κ3) is 2.70. The molecule has 1 N–H and O–H groups in total. The van der Waals surface area contributed by atoms with Gasteiger partial charge < -0.3 is 9.88 Å². The minimum atomic E-state index is 0.541. The Morgan fingerprint density at radius 2 is 2.26 bits per heavy atom. The lowest BCUT2D eigenvalue weighted by molar-refractivity contribution is 0.511. The summed E-state index contributed by atoms with van der Waals surface area (Å²) in [6, 6.07) is 7.60. The SMILES string of the molecule is CCC(C)NCc1nc2cc(Br)ccc2n1C1CC1. The molecule has 0 bridgehead atoms. The minimum Gasteiger partial charge on any atom is -0.324 e. The van der Waals surface area contributed by atoms with E-state index in [1.165, 1.54) is 24.2 Å². The van der Waals surface area contributed by atoms with Crippen molar-refractivity contribution < 1.29 is 0 Å². The molecule has 0 spiro atoms. The maximum atomic E-state index is 4.81. The van der Waals surface area contributed by atoms with Crippen molar-refractivity contribution in [2.45, 2.75) is 51.7 Å². The van der Waals surface area contributed by atoms with Crippen molar-refractivity contribution in [3.8, 4) is 0 Å². The highest BCUT2D eigenvalue weighted by atomic mass is 79.9. The zero-order valence-electron chi connectivity index (χ0n) is 11.5. The second-order valence-corrected chi connectivity index (χ2v) is 6.37. The van der Waals surface area contributed by atoms with Gasteiger partial charge in [-0.1, -0.05) is 22.9 Å². The molecule has 1 aliphatic carbocycles. The summed E-state index contributed by atoms with van der Waals surface area (Å²) in [5.41, 5.74) is 2.37. The zero-order chi connectivity index (χ0) is 13.4. The molecule has 0 saturated heterocycles. The Balaban J connectivity index is 1.95. The Labute approximate surface area is 122 Å². The highest BCUT2D eigenvalue weighted by molar-refractivity contribution is 9.10. The van der Waals surface area contributed by atoms with Gasteiger partial charge in [-0.05, 0) is 44.4 Å². The lowest BCUT2D eigenvalue weighted by Gasteiger charge is -2.12. The van der Waals surface area contributed by atoms with Crippen molar-refractivity contribution in [2.24, 2.45) is 0 Å². The van der Waals surface area contributed by atoms with Gasteiger partial charge >= 0.3 is 0 Å². The number of hydrogen-bond donors (Lipinski definition) is 1. The number of rotatable bonds is 5. The van der Waals surface area contributed by atoms with Crippen molar-refractivity contribution in [1.29, 1.82) is 0 Å². The molecule has 1 saturated carbocycles. The number of hydrogen-bond acceptors (Lipinski definition) is 2. The highest BCUT2D eigenvalue weighted by Crippen LogP contribution is 2.39. The van der Waals surface area contributed by atoms with Gasteiger partial charge in [0, 0.05) is 16.6 Å². The van der Waals surface area contributed by atoms with Crippen LogP contribution in [0.15, 0.2) is 22.7 Å². The summed E-state index contributed by atoms with van der Waals surface area (Å²) in [6.45, 7) is 5.29. The fourth-order valence-electron chi connectivity index (χ4n) is 2.40. The van der Waals surface area contributed by atoms with E-state index in [2.05, 4.69) is 57.9 Å². The molecule has 1 heterocycles. The molecule has 0 amide bonds. The lowest BCUT2D eigenvalue weighted by atomic mass is 10.2. The van der Waals surface area contributed by atoms with Crippen LogP contribution in [0.3, 0.4) is 0 Å². The van der Waals surface area contributed by atoms with E-state index in [9.17, 15) is 0 Å². The first-order chi connectivity index (χ1) is 9.19. The third-order valence-corrected chi connectivity index (χ3v) is 4.35. The maximum Gasteiger partial charge on any atom is 0.124 e. The number of benzene rings is 1. The number of halogens is 1. The molecule has 1 aliphatic rings. The predicted molar refractivity (Wildman–Crippen MR) is 82.3 cm³/mol. The molecule has 1 fully saturated rings. The van der Waals surface area contributed by atoms with E-state index in [-0.39, 0.29) is 0 Å². The molecule has 19 heavy (non-hydrogen) atoms. The van der Waals surface area contributed by atoms with Gasteiger partial charge in [-0.15, -0.1) is 0 Å². The van der Waals surface area contributed by atoms with Crippen LogP contribution >= 0.6 is 15.9 Å². The molecule has 1 aromatic heterocycles. The first kappa shape index (κ1) is 13.1. The van der Waals surface area contributed by atoms with Crippen molar-refractivity contribution in [2.75, 3.05) is 0 Å². The van der Waals surface area contributed by atoms with Gasteiger partial charge in [-0.3, -0.25) is 0 Å². The van der Waals surface area contributed by atoms with Gasteiger partial charge in [-0.25, -0.2) is 4.98 Å². The minimum absolute atomic E-state index is 0.541. The molecule has 3 rings (SSSR count). The smallest absolute Gasteiger partial charge is 0.124 e. The third-order valence-electron chi connectivity index (χ3n) is 3.86. The molecular formula is C15H20BrN3. The molecule has 4 heteroatoms. The largest absolute Gasteiger partial charge is 0.324 e. The summed E-state index contributed by atoms with van der Waals surface area (Å²) in [6.07, 6.45) is 3.73. The average molecular weight is 322 g/mol. The quantitative estimate of drug-likeness (QED) is 0.901. The van der Waals surface area contributed by atoms with Gasteiger partial charge in [0.1, 0.15) is 5.82 Å². The fourth-order valence-corrected chi connectivity index (χ4v) is 2.75. The number of nitrogens with zero attached hydrogens (tertiary/aromatic N) is 2. The number of nitrogens with one attached hydrogen (secondary N) is 1. The van der Waals surface area contributed by atoms with Crippen molar-refractivity contribution >= 4 is 27.0 Å². The first-order valence-electron chi connectivity index (χ1n) is 7.08. The molecule has 102 valence electrons. The van der Waals surface area contributed by atoms with Gasteiger partial charge in [0.15, 0.2) is 0 Å². The Bertz CT molecular complexity index is 586. The average Bonchev–Trinajstić information content (AvgIpc) is 3.17. The lowest BCUT2D eigenvalue weighted by Crippen LogP contribution is -2.26. The number of fused-ring (bicyclic) bond motifs is 1. The van der Waals surface area contributed by atoms with Crippen molar-refractivity contribution in [3.05, 3.63) is 28.5 Å². The van der Waals surface area contributed by atoms with Crippen LogP contribution in [0, 0.1) is 0 Å². The molecule has 1 aromatic carbocycles. The van der Waals surface area contributed by atoms with Gasteiger partial charge in [0.2, 0.25) is 0 Å². The summed E-state index contributed by atoms with van der Waals surface area (Å²) < 4.78 is 3.53. The number of imidazole rings is 1. The summed E-state index contributed by atoms with van der Waals surface area (Å²) in [5, 5.41) is 3.55. The molecule has 2 aromatic rings. The van der Waals surface area contributed by atoms with E-state index in [0.717, 1.165) is 23.0 Å². The summed E-state index contributed by atoms with van der Waals surface area (Å²) in [7, 11) is 0. The zero-order valence-corrected chi connectivity index (χ0v) is 13.1. The molecule has 1 unspecified atom stereocenters. The maximum absolute atomic E-state index is 4.81. The summed E-state index contributed by atoms with van der Waals surface area (Å²) in [4.78, 5) is 4.81. The molecule has 3 nitrogen and oxygen atoms in total. The Hall–Kier alpha value is -0.870. The van der Waals surface area contributed by atoms with Crippen LogP contribution in [0.5, 0.6) is 0 Å². The highest BCUT2D eigenvalue weighted by Gasteiger charge is 2.28. The monoisotopic (exact) mass is 321 g/mol. The van der Waals surface area contributed by atoms with Crippen molar-refractivity contribution in [1.82, 2.24) is 14.9 Å². The van der Waals surface area contributed by atoms with E-state index >= 15 is 0 Å². The topological polar surface area (TPSA) is 29.9 Å². The number of aromatic nitrogens is 2. The van der Waals surface area contributed by atoms with Crippen LogP contribution < -0.4 is 5.32 Å². The Morgan fingerprint density at radius 1 is 1.47 bits per heavy atom. The van der Waals surface area contributed by atoms with E-state index < -0.39 is 0 Å². The standard InChI is InChI=1S/C15H20BrN3/c1-3-10(2)17-9-15-18-13-8-11(16)4-7-14(13)19(15)12-5-6-12/h4,7-8,10,12,17H,3,5-6,9H2,1-2H3. The molecule has 0 radical (unpaired) electrons. The fraction of sp³-hybridized carbons (Fsp3) is 0.533. The molecular weight excluding hydrogens is 302 g/mol. The normalized spacial score (nSPS) is 17.0. The summed E-state index contributed by atoms with van der Waals surface area (Å²) in [5.74, 6) is 1.18. The van der Waals surface area contributed by atoms with Gasteiger partial charge in [-0.2, -0.15) is 0 Å². The van der Waals surface area contributed by atoms with E-state index in [1.54, 1.807) is 0 Å². The van der Waals surface area contributed by atoms with E-state index in [1.807, 2.05) is 0 Å². The van der Waals surface area contributed by atoms with E-state index in [0.29, 0.717) is 12.1 Å². The van der Waals surface area contributed by atoms with Gasteiger partial charge in [0.25, 0.3) is 0 Å². The molecule has 0 aliphatic heterocycles. The predicted octanol–water partition coefficient (Wildman–Crippen LogP) is 4.02. The summed E-state index contributed by atoms with van der Waals surface area (Å²) >= 11 is 3.53. The van der Waals surface area contributed by atoms with Gasteiger partial charge in [0.05, 0.1) is 17.6 Å². The Morgan fingerprint density at radius 3 is 2.95 bits per heavy atom. The van der Waals surface area contributed by atoms with E-state index in [4.69, 9.17) is 4.98 Å². The Kier molecular flexibility index (Phi) is 3.63. The van der Waals surface area contributed by atoms with Crippen LogP contribution in [0.1, 0.15) is 45.0 Å². The van der Waals surface area contributed by atoms with Crippen LogP contribution in [-0.4, -0.2) is 15.6 Å². The first-order valence-corrected chi connectivity index (χ1v) is 7.88. The van der Waals surface area contributed by atoms with Crippen LogP contribution in [0.2, 0.25) is 0 Å². The van der Waals surface area contributed by atoms with Crippen molar-refractivity contribution in [3.63, 3.8) is 0 Å². The van der Waals surface area contributed by atoms with Crippen LogP contribution in [-0.2, 0) is 6.54 Å². The second kappa shape index (κ2) is 5.25. The van der Waals surface area contributed by atoms with Crippen LogP contribution in [0.4, 0.5) is 0 Å².